The van der Waals surface area contributed by atoms with Crippen LogP contribution in [-0.2, 0) is 16.7 Å². The molecule has 1 aliphatic heterocycles. The minimum absolute atomic E-state index is 0. The second kappa shape index (κ2) is 11.0. The van der Waals surface area contributed by atoms with Crippen molar-refractivity contribution in [3.63, 3.8) is 0 Å². The van der Waals surface area contributed by atoms with Crippen LogP contribution in [0.4, 0.5) is 4.39 Å². The summed E-state index contributed by atoms with van der Waals surface area (Å²) in [5.74, 6) is 0.450. The van der Waals surface area contributed by atoms with Crippen molar-refractivity contribution < 1.29 is 9.13 Å². The van der Waals surface area contributed by atoms with E-state index in [0.717, 1.165) is 43.2 Å². The number of ether oxygens (including phenoxy) is 1. The summed E-state index contributed by atoms with van der Waals surface area (Å²) in [5.41, 5.74) is 2.03. The average Bonchev–Trinajstić information content (AvgIpc) is 2.69. The Morgan fingerprint density at radius 2 is 1.89 bits per heavy atom. The van der Waals surface area contributed by atoms with Gasteiger partial charge in [-0.05, 0) is 48.2 Å². The molecular formula is C21H26ClFIN3O. The van der Waals surface area contributed by atoms with Crippen LogP contribution >= 0.6 is 35.6 Å². The first-order valence-electron chi connectivity index (χ1n) is 9.14. The van der Waals surface area contributed by atoms with Gasteiger partial charge in [0.25, 0.3) is 0 Å². The highest BCUT2D eigenvalue weighted by atomic mass is 127. The van der Waals surface area contributed by atoms with Gasteiger partial charge in [0.1, 0.15) is 5.82 Å². The fourth-order valence-corrected chi connectivity index (χ4v) is 3.64. The molecule has 0 aromatic heterocycles. The molecular weight excluding hydrogens is 492 g/mol. The number of nitrogens with zero attached hydrogens (tertiary/aromatic N) is 1. The summed E-state index contributed by atoms with van der Waals surface area (Å²) in [6.07, 6.45) is 1.84. The quantitative estimate of drug-likeness (QED) is 0.349. The van der Waals surface area contributed by atoms with Crippen LogP contribution in [0.2, 0.25) is 5.02 Å². The van der Waals surface area contributed by atoms with Gasteiger partial charge in [0, 0.05) is 43.8 Å². The maximum absolute atomic E-state index is 13.3. The fourth-order valence-electron chi connectivity index (χ4n) is 3.45. The summed E-state index contributed by atoms with van der Waals surface area (Å²) in [6.45, 7) is 2.68. The molecule has 2 aromatic rings. The normalized spacial score (nSPS) is 16.2. The van der Waals surface area contributed by atoms with E-state index in [2.05, 4.69) is 21.7 Å². The van der Waals surface area contributed by atoms with E-state index >= 15 is 0 Å². The number of halogens is 3. The molecule has 4 nitrogen and oxygen atoms in total. The van der Waals surface area contributed by atoms with Gasteiger partial charge in [0.15, 0.2) is 5.96 Å². The van der Waals surface area contributed by atoms with E-state index in [-0.39, 0.29) is 35.2 Å². The van der Waals surface area contributed by atoms with Crippen molar-refractivity contribution >= 4 is 41.5 Å². The maximum atomic E-state index is 13.3. The zero-order valence-corrected chi connectivity index (χ0v) is 19.0. The molecule has 0 unspecified atom stereocenters. The van der Waals surface area contributed by atoms with Crippen molar-refractivity contribution in [1.29, 1.82) is 0 Å². The van der Waals surface area contributed by atoms with Crippen molar-refractivity contribution in [1.82, 2.24) is 10.6 Å². The Morgan fingerprint density at radius 3 is 2.57 bits per heavy atom. The molecule has 0 atom stereocenters. The standard InChI is InChI=1S/C21H25ClFN3O.HI/c1-24-20(25-14-16-4-2-7-19(23)12-16)26-15-21(8-10-27-11-9-21)17-5-3-6-18(22)13-17;/h2-7,12-13H,8-11,14-15H2,1H3,(H2,24,25,26);1H. The lowest BCUT2D eigenvalue weighted by Crippen LogP contribution is -2.47. The molecule has 28 heavy (non-hydrogen) atoms. The molecule has 0 radical (unpaired) electrons. The van der Waals surface area contributed by atoms with Gasteiger partial charge >= 0.3 is 0 Å². The van der Waals surface area contributed by atoms with Crippen LogP contribution in [0.25, 0.3) is 0 Å². The molecule has 0 amide bonds. The van der Waals surface area contributed by atoms with Crippen LogP contribution in [-0.4, -0.2) is 32.8 Å². The number of guanidine groups is 1. The monoisotopic (exact) mass is 517 g/mol. The van der Waals surface area contributed by atoms with Gasteiger partial charge in [-0.1, -0.05) is 35.9 Å². The first kappa shape index (κ1) is 22.9. The maximum Gasteiger partial charge on any atom is 0.191 e. The van der Waals surface area contributed by atoms with E-state index in [9.17, 15) is 4.39 Å². The van der Waals surface area contributed by atoms with Gasteiger partial charge in [-0.2, -0.15) is 0 Å². The Bertz CT molecular complexity index is 797. The smallest absolute Gasteiger partial charge is 0.191 e. The highest BCUT2D eigenvalue weighted by molar-refractivity contribution is 14.0. The number of nitrogens with one attached hydrogen (secondary N) is 2. The zero-order chi connectivity index (χ0) is 19.1. The summed E-state index contributed by atoms with van der Waals surface area (Å²) in [4.78, 5) is 4.30. The van der Waals surface area contributed by atoms with Crippen molar-refractivity contribution in [3.8, 4) is 0 Å². The molecule has 1 saturated heterocycles. The summed E-state index contributed by atoms with van der Waals surface area (Å²) in [6, 6.07) is 14.6. The van der Waals surface area contributed by atoms with Crippen LogP contribution in [0.15, 0.2) is 53.5 Å². The average molecular weight is 518 g/mol. The number of hydrogen-bond donors (Lipinski definition) is 2. The molecule has 0 aliphatic carbocycles. The minimum Gasteiger partial charge on any atom is -0.381 e. The molecule has 2 N–H and O–H groups in total. The predicted molar refractivity (Wildman–Crippen MR) is 123 cm³/mol. The Balaban J connectivity index is 0.00000280. The molecule has 7 heteroatoms. The van der Waals surface area contributed by atoms with Gasteiger partial charge in [-0.25, -0.2) is 4.39 Å². The largest absolute Gasteiger partial charge is 0.381 e. The zero-order valence-electron chi connectivity index (χ0n) is 15.9. The molecule has 3 rings (SSSR count). The second-order valence-electron chi connectivity index (χ2n) is 6.81. The third kappa shape index (κ3) is 6.06. The molecule has 0 saturated carbocycles. The first-order chi connectivity index (χ1) is 13.1. The minimum atomic E-state index is -0.237. The van der Waals surface area contributed by atoms with Crippen molar-refractivity contribution in [2.24, 2.45) is 4.99 Å². The SMILES string of the molecule is CN=C(NCc1cccc(F)c1)NCC1(c2cccc(Cl)c2)CCOCC1.I. The summed E-state index contributed by atoms with van der Waals surface area (Å²) < 4.78 is 18.9. The third-order valence-electron chi connectivity index (χ3n) is 5.05. The van der Waals surface area contributed by atoms with E-state index in [4.69, 9.17) is 16.3 Å². The van der Waals surface area contributed by atoms with E-state index in [1.807, 2.05) is 24.3 Å². The Kier molecular flexibility index (Phi) is 8.98. The summed E-state index contributed by atoms with van der Waals surface area (Å²) in [5, 5.41) is 7.42. The molecule has 2 aromatic carbocycles. The van der Waals surface area contributed by atoms with Crippen LogP contribution in [0.1, 0.15) is 24.0 Å². The Hall–Kier alpha value is -1.38. The topological polar surface area (TPSA) is 45.7 Å². The van der Waals surface area contributed by atoms with Crippen LogP contribution in [0, 0.1) is 5.82 Å². The number of rotatable bonds is 5. The lowest BCUT2D eigenvalue weighted by molar-refractivity contribution is 0.0514. The number of aliphatic imine (C=N–C) groups is 1. The number of hydrogen-bond acceptors (Lipinski definition) is 2. The van der Waals surface area contributed by atoms with Gasteiger partial charge < -0.3 is 15.4 Å². The second-order valence-corrected chi connectivity index (χ2v) is 7.25. The van der Waals surface area contributed by atoms with Crippen molar-refractivity contribution in [2.45, 2.75) is 24.8 Å². The predicted octanol–water partition coefficient (Wildman–Crippen LogP) is 4.51. The Labute approximate surface area is 187 Å². The molecule has 1 aliphatic rings. The highest BCUT2D eigenvalue weighted by Gasteiger charge is 2.34. The molecule has 1 fully saturated rings. The van der Waals surface area contributed by atoms with E-state index < -0.39 is 0 Å². The molecule has 0 spiro atoms. The van der Waals surface area contributed by atoms with Gasteiger partial charge in [-0.15, -0.1) is 24.0 Å². The van der Waals surface area contributed by atoms with Gasteiger partial charge in [0.2, 0.25) is 0 Å². The van der Waals surface area contributed by atoms with Crippen molar-refractivity contribution in [3.05, 3.63) is 70.5 Å². The van der Waals surface area contributed by atoms with E-state index in [0.29, 0.717) is 12.5 Å². The molecule has 1 heterocycles. The van der Waals surface area contributed by atoms with Crippen LogP contribution < -0.4 is 10.6 Å². The van der Waals surface area contributed by atoms with Crippen molar-refractivity contribution in [2.75, 3.05) is 26.8 Å². The lowest BCUT2D eigenvalue weighted by Gasteiger charge is -2.38. The van der Waals surface area contributed by atoms with E-state index in [1.165, 1.54) is 17.7 Å². The van der Waals surface area contributed by atoms with Crippen LogP contribution in [0.5, 0.6) is 0 Å². The lowest BCUT2D eigenvalue weighted by atomic mass is 9.74. The Morgan fingerprint density at radius 1 is 1.14 bits per heavy atom. The van der Waals surface area contributed by atoms with Gasteiger partial charge in [0.05, 0.1) is 0 Å². The fraction of sp³-hybridized carbons (Fsp3) is 0.381. The van der Waals surface area contributed by atoms with Gasteiger partial charge in [-0.3, -0.25) is 4.99 Å². The first-order valence-corrected chi connectivity index (χ1v) is 9.52. The molecule has 152 valence electrons. The van der Waals surface area contributed by atoms with E-state index in [1.54, 1.807) is 13.1 Å². The molecule has 0 bridgehead atoms. The highest BCUT2D eigenvalue weighted by Crippen LogP contribution is 2.35. The number of benzene rings is 2. The summed E-state index contributed by atoms with van der Waals surface area (Å²) >= 11 is 6.23. The summed E-state index contributed by atoms with van der Waals surface area (Å²) in [7, 11) is 1.73. The van der Waals surface area contributed by atoms with Crippen LogP contribution in [0.3, 0.4) is 0 Å². The third-order valence-corrected chi connectivity index (χ3v) is 5.29.